The predicted molar refractivity (Wildman–Crippen MR) is 105 cm³/mol. The zero-order chi connectivity index (χ0) is 19.7. The summed E-state index contributed by atoms with van der Waals surface area (Å²) in [6.45, 7) is 3.83. The summed E-state index contributed by atoms with van der Waals surface area (Å²) in [5, 5.41) is 24.9. The van der Waals surface area contributed by atoms with Crippen LogP contribution in [0.2, 0.25) is 0 Å². The third-order valence-electron chi connectivity index (χ3n) is 4.79. The van der Waals surface area contributed by atoms with Crippen LogP contribution in [-0.4, -0.2) is 36.4 Å². The highest BCUT2D eigenvalue weighted by Crippen LogP contribution is 2.36. The van der Waals surface area contributed by atoms with Gasteiger partial charge in [0.15, 0.2) is 0 Å². The summed E-state index contributed by atoms with van der Waals surface area (Å²) in [6.07, 6.45) is 2.14. The Morgan fingerprint density at radius 1 is 1.32 bits per heavy atom. The van der Waals surface area contributed by atoms with Gasteiger partial charge in [0.05, 0.1) is 17.4 Å². The number of rotatable bonds is 6. The molecule has 1 fully saturated rings. The highest BCUT2D eigenvalue weighted by atomic mass is 32.2. The lowest BCUT2D eigenvalue weighted by atomic mass is 10.2. The summed E-state index contributed by atoms with van der Waals surface area (Å²) in [5.74, 6) is 0.452. The van der Waals surface area contributed by atoms with Crippen molar-refractivity contribution in [3.8, 4) is 11.8 Å². The lowest BCUT2D eigenvalue weighted by Gasteiger charge is -2.13. The molecule has 2 aromatic heterocycles. The Hall–Kier alpha value is -3.12. The van der Waals surface area contributed by atoms with Crippen molar-refractivity contribution in [2.24, 2.45) is 0 Å². The smallest absolute Gasteiger partial charge is 0.236 e. The van der Waals surface area contributed by atoms with E-state index in [1.165, 1.54) is 11.8 Å². The second-order valence-electron chi connectivity index (χ2n) is 6.69. The molecule has 0 bridgehead atoms. The standard InChI is InChI=1S/C19H19N7OS/c1-12-13(2)25(14-6-4-3-5-7-14)18(16(12)10-20)21-17(27)11-28-19-22-23-24-26(19)15-8-9-15/h3-7,15H,8-9,11H2,1-2H3,(H,21,27). The topological polar surface area (TPSA) is 101 Å². The van der Waals surface area contributed by atoms with Crippen LogP contribution in [0.15, 0.2) is 35.5 Å². The summed E-state index contributed by atoms with van der Waals surface area (Å²) in [4.78, 5) is 12.6. The number of benzene rings is 1. The van der Waals surface area contributed by atoms with E-state index in [9.17, 15) is 10.1 Å². The van der Waals surface area contributed by atoms with Crippen LogP contribution in [0.25, 0.3) is 5.69 Å². The first-order chi connectivity index (χ1) is 13.6. The van der Waals surface area contributed by atoms with Crippen molar-refractivity contribution in [2.45, 2.75) is 37.9 Å². The Balaban J connectivity index is 1.57. The molecule has 1 N–H and O–H groups in total. The first-order valence-electron chi connectivity index (χ1n) is 8.98. The summed E-state index contributed by atoms with van der Waals surface area (Å²) >= 11 is 1.30. The van der Waals surface area contributed by atoms with E-state index in [1.807, 2.05) is 48.7 Å². The number of tetrazole rings is 1. The Kier molecular flexibility index (Phi) is 4.88. The van der Waals surface area contributed by atoms with Crippen molar-refractivity contribution in [1.29, 1.82) is 5.26 Å². The third-order valence-corrected chi connectivity index (χ3v) is 5.72. The quantitative estimate of drug-likeness (QED) is 0.646. The van der Waals surface area contributed by atoms with Crippen LogP contribution in [0.5, 0.6) is 0 Å². The van der Waals surface area contributed by atoms with E-state index in [2.05, 4.69) is 26.9 Å². The van der Waals surface area contributed by atoms with Gasteiger partial charge in [0.1, 0.15) is 11.9 Å². The molecular formula is C19H19N7OS. The fourth-order valence-corrected chi connectivity index (χ4v) is 3.83. The molecular weight excluding hydrogens is 374 g/mol. The molecule has 9 heteroatoms. The van der Waals surface area contributed by atoms with Crippen LogP contribution in [0, 0.1) is 25.2 Å². The van der Waals surface area contributed by atoms with Gasteiger partial charge in [-0.15, -0.1) is 5.10 Å². The number of nitrogens with one attached hydrogen (secondary N) is 1. The fourth-order valence-electron chi connectivity index (χ4n) is 3.09. The maximum Gasteiger partial charge on any atom is 0.236 e. The number of hydrogen-bond donors (Lipinski definition) is 1. The van der Waals surface area contributed by atoms with Gasteiger partial charge in [0.25, 0.3) is 0 Å². The van der Waals surface area contributed by atoms with E-state index in [0.29, 0.717) is 22.6 Å². The molecule has 0 atom stereocenters. The molecule has 0 radical (unpaired) electrons. The van der Waals surface area contributed by atoms with E-state index < -0.39 is 0 Å². The summed E-state index contributed by atoms with van der Waals surface area (Å²) in [7, 11) is 0. The second kappa shape index (κ2) is 7.48. The first-order valence-corrected chi connectivity index (χ1v) is 9.96. The van der Waals surface area contributed by atoms with Gasteiger partial charge in [-0.1, -0.05) is 30.0 Å². The number of hydrogen-bond acceptors (Lipinski definition) is 6. The van der Waals surface area contributed by atoms with Crippen LogP contribution in [0.3, 0.4) is 0 Å². The van der Waals surface area contributed by atoms with Gasteiger partial charge < -0.3 is 5.32 Å². The van der Waals surface area contributed by atoms with Crippen LogP contribution in [-0.2, 0) is 4.79 Å². The lowest BCUT2D eigenvalue weighted by molar-refractivity contribution is -0.113. The Morgan fingerprint density at radius 3 is 2.75 bits per heavy atom. The van der Waals surface area contributed by atoms with Crippen LogP contribution >= 0.6 is 11.8 Å². The van der Waals surface area contributed by atoms with Crippen LogP contribution in [0.4, 0.5) is 5.82 Å². The third kappa shape index (κ3) is 3.39. The Bertz CT molecular complexity index is 1060. The molecule has 0 aliphatic heterocycles. The molecule has 0 unspecified atom stereocenters. The normalized spacial score (nSPS) is 13.3. The van der Waals surface area contributed by atoms with Crippen molar-refractivity contribution in [1.82, 2.24) is 24.8 Å². The number of amides is 1. The van der Waals surface area contributed by atoms with Crippen molar-refractivity contribution < 1.29 is 4.79 Å². The number of nitriles is 1. The molecule has 2 heterocycles. The molecule has 1 aliphatic rings. The Morgan fingerprint density at radius 2 is 2.07 bits per heavy atom. The monoisotopic (exact) mass is 393 g/mol. The number of para-hydroxylation sites is 1. The minimum Gasteiger partial charge on any atom is -0.310 e. The van der Waals surface area contributed by atoms with Crippen molar-refractivity contribution in [3.05, 3.63) is 47.2 Å². The largest absolute Gasteiger partial charge is 0.310 e. The van der Waals surface area contributed by atoms with Crippen LogP contribution < -0.4 is 5.32 Å². The number of anilines is 1. The number of nitrogens with zero attached hydrogens (tertiary/aromatic N) is 6. The van der Waals surface area contributed by atoms with Crippen LogP contribution in [0.1, 0.15) is 35.7 Å². The molecule has 1 aromatic carbocycles. The number of carbonyl (C=O) groups excluding carboxylic acids is 1. The molecule has 8 nitrogen and oxygen atoms in total. The van der Waals surface area contributed by atoms with E-state index in [1.54, 1.807) is 4.68 Å². The molecule has 3 aromatic rings. The summed E-state index contributed by atoms with van der Waals surface area (Å²) < 4.78 is 3.68. The lowest BCUT2D eigenvalue weighted by Crippen LogP contribution is -2.18. The van der Waals surface area contributed by atoms with Gasteiger partial charge in [-0.25, -0.2) is 4.68 Å². The van der Waals surface area contributed by atoms with Gasteiger partial charge in [-0.05, 0) is 54.8 Å². The predicted octanol–water partition coefficient (Wildman–Crippen LogP) is 3.02. The fraction of sp³-hybridized carbons (Fsp3) is 0.316. The molecule has 1 saturated carbocycles. The van der Waals surface area contributed by atoms with Crippen molar-refractivity contribution in [3.63, 3.8) is 0 Å². The average Bonchev–Trinajstić information content (AvgIpc) is 3.39. The maximum absolute atomic E-state index is 12.6. The average molecular weight is 393 g/mol. The van der Waals surface area contributed by atoms with Gasteiger partial charge in [0.2, 0.25) is 11.1 Å². The molecule has 1 amide bonds. The zero-order valence-electron chi connectivity index (χ0n) is 15.6. The number of thioether (sulfide) groups is 1. The maximum atomic E-state index is 12.6. The SMILES string of the molecule is Cc1c(C#N)c(NC(=O)CSc2nnnn2C2CC2)n(-c2ccccc2)c1C. The highest BCUT2D eigenvalue weighted by Gasteiger charge is 2.28. The van der Waals surface area contributed by atoms with E-state index in [0.717, 1.165) is 29.8 Å². The van der Waals surface area contributed by atoms with E-state index in [-0.39, 0.29) is 11.7 Å². The van der Waals surface area contributed by atoms with E-state index in [4.69, 9.17) is 0 Å². The minimum absolute atomic E-state index is 0.163. The summed E-state index contributed by atoms with van der Waals surface area (Å²) in [6, 6.07) is 12.3. The summed E-state index contributed by atoms with van der Waals surface area (Å²) in [5.41, 5.74) is 3.14. The molecule has 0 spiro atoms. The molecule has 0 saturated heterocycles. The highest BCUT2D eigenvalue weighted by molar-refractivity contribution is 7.99. The van der Waals surface area contributed by atoms with Gasteiger partial charge in [0, 0.05) is 11.4 Å². The van der Waals surface area contributed by atoms with Gasteiger partial charge in [-0.3, -0.25) is 9.36 Å². The zero-order valence-corrected chi connectivity index (χ0v) is 16.4. The molecule has 4 rings (SSSR count). The van der Waals surface area contributed by atoms with Crippen molar-refractivity contribution in [2.75, 3.05) is 11.1 Å². The second-order valence-corrected chi connectivity index (χ2v) is 7.63. The molecule has 28 heavy (non-hydrogen) atoms. The first kappa shape index (κ1) is 18.3. The van der Waals surface area contributed by atoms with Crippen molar-refractivity contribution >= 4 is 23.5 Å². The molecule has 142 valence electrons. The Labute approximate surface area is 166 Å². The molecule has 1 aliphatic carbocycles. The minimum atomic E-state index is -0.207. The van der Waals surface area contributed by atoms with Gasteiger partial charge in [-0.2, -0.15) is 5.26 Å². The number of aromatic nitrogens is 5. The van der Waals surface area contributed by atoms with Gasteiger partial charge >= 0.3 is 0 Å². The number of carbonyl (C=O) groups is 1. The van der Waals surface area contributed by atoms with E-state index >= 15 is 0 Å².